The van der Waals surface area contributed by atoms with Gasteiger partial charge in [-0.25, -0.2) is 4.98 Å². The van der Waals surface area contributed by atoms with Crippen molar-refractivity contribution < 1.29 is 32.2 Å². The van der Waals surface area contributed by atoms with E-state index in [1.54, 1.807) is 29.2 Å². The van der Waals surface area contributed by atoms with Crippen molar-refractivity contribution >= 4 is 17.5 Å². The third-order valence-electron chi connectivity index (χ3n) is 4.31. The molecule has 0 aliphatic carbocycles. The summed E-state index contributed by atoms with van der Waals surface area (Å²) in [5, 5.41) is 2.67. The first-order chi connectivity index (χ1) is 14.3. The number of rotatable bonds is 6. The van der Waals surface area contributed by atoms with E-state index in [4.69, 9.17) is 4.74 Å². The highest BCUT2D eigenvalue weighted by Crippen LogP contribution is 2.18. The van der Waals surface area contributed by atoms with Crippen LogP contribution in [0.5, 0.6) is 5.88 Å². The van der Waals surface area contributed by atoms with Gasteiger partial charge in [0.2, 0.25) is 11.8 Å². The second-order valence-electron chi connectivity index (χ2n) is 6.61. The molecule has 160 valence electrons. The molecule has 2 heterocycles. The smallest absolute Gasteiger partial charge is 0.422 e. The molecule has 2 amide bonds. The van der Waals surface area contributed by atoms with E-state index in [0.717, 1.165) is 11.8 Å². The average Bonchev–Trinajstić information content (AvgIpc) is 2.74. The predicted molar refractivity (Wildman–Crippen MR) is 101 cm³/mol. The van der Waals surface area contributed by atoms with E-state index in [-0.39, 0.29) is 23.8 Å². The normalized spacial score (nSPS) is 14.3. The van der Waals surface area contributed by atoms with Gasteiger partial charge in [-0.3, -0.25) is 9.59 Å². The molecule has 1 aliphatic rings. The molecule has 1 saturated heterocycles. The molecule has 0 unspecified atom stereocenters. The van der Waals surface area contributed by atoms with E-state index >= 15 is 0 Å². The van der Waals surface area contributed by atoms with Crippen molar-refractivity contribution in [2.45, 2.75) is 12.6 Å². The zero-order valence-electron chi connectivity index (χ0n) is 15.9. The topological polar surface area (TPSA) is 80.8 Å². The Balaban J connectivity index is 1.52. The molecule has 0 spiro atoms. The summed E-state index contributed by atoms with van der Waals surface area (Å²) in [5.41, 5.74) is 1.50. The van der Waals surface area contributed by atoms with Crippen LogP contribution >= 0.6 is 0 Å². The Morgan fingerprint density at radius 2 is 1.80 bits per heavy atom. The zero-order chi connectivity index (χ0) is 21.6. The lowest BCUT2D eigenvalue weighted by molar-refractivity contribution is -0.154. The largest absolute Gasteiger partial charge is 0.468 e. The Morgan fingerprint density at radius 3 is 2.40 bits per heavy atom. The number of halogens is 3. The summed E-state index contributed by atoms with van der Waals surface area (Å²) in [6.07, 6.45) is -3.06. The molecule has 1 fully saturated rings. The van der Waals surface area contributed by atoms with Crippen LogP contribution in [0.15, 0.2) is 42.6 Å². The molecule has 1 N–H and O–H groups in total. The first-order valence-electron chi connectivity index (χ1n) is 9.21. The van der Waals surface area contributed by atoms with Crippen molar-refractivity contribution in [3.05, 3.63) is 53.7 Å². The molecular formula is C20H20F3N3O4. The molecule has 1 aliphatic heterocycles. The molecule has 0 radical (unpaired) electrons. The molecule has 3 rings (SSSR count). The number of alkyl halides is 3. The van der Waals surface area contributed by atoms with Crippen molar-refractivity contribution in [1.29, 1.82) is 0 Å². The number of hydrogen-bond acceptors (Lipinski definition) is 5. The highest BCUT2D eigenvalue weighted by molar-refractivity contribution is 6.04. The summed E-state index contributed by atoms with van der Waals surface area (Å²) >= 11 is 0. The van der Waals surface area contributed by atoms with Gasteiger partial charge >= 0.3 is 6.18 Å². The zero-order valence-corrected chi connectivity index (χ0v) is 15.9. The van der Waals surface area contributed by atoms with Gasteiger partial charge in [-0.05, 0) is 23.8 Å². The van der Waals surface area contributed by atoms with Crippen LogP contribution in [0.4, 0.5) is 18.9 Å². The first-order valence-corrected chi connectivity index (χ1v) is 9.21. The van der Waals surface area contributed by atoms with Crippen LogP contribution < -0.4 is 10.1 Å². The van der Waals surface area contributed by atoms with Crippen LogP contribution in [0.2, 0.25) is 0 Å². The molecule has 1 aromatic carbocycles. The van der Waals surface area contributed by atoms with E-state index in [9.17, 15) is 22.8 Å². The van der Waals surface area contributed by atoms with Gasteiger partial charge < -0.3 is 19.7 Å². The second-order valence-corrected chi connectivity index (χ2v) is 6.61. The fraction of sp³-hybridized carbons (Fsp3) is 0.350. The van der Waals surface area contributed by atoms with Gasteiger partial charge in [0.1, 0.15) is 0 Å². The molecule has 0 saturated carbocycles. The van der Waals surface area contributed by atoms with Crippen molar-refractivity contribution in [2.75, 3.05) is 38.2 Å². The molecule has 30 heavy (non-hydrogen) atoms. The maximum Gasteiger partial charge on any atom is 0.422 e. The minimum absolute atomic E-state index is 0.0222. The lowest BCUT2D eigenvalue weighted by Gasteiger charge is -2.26. The minimum Gasteiger partial charge on any atom is -0.468 e. The third kappa shape index (κ3) is 6.45. The van der Waals surface area contributed by atoms with Gasteiger partial charge in [0.25, 0.3) is 5.91 Å². The standard InChI is InChI=1S/C20H20F3N3O4/c21-20(22,23)13-30-17-6-3-15(12-24-17)19(28)25-16-4-1-14(2-5-16)11-18(27)26-7-9-29-10-8-26/h1-6,12H,7-11,13H2,(H,25,28). The van der Waals surface area contributed by atoms with Crippen LogP contribution in [0, 0.1) is 0 Å². The van der Waals surface area contributed by atoms with Gasteiger partial charge in [0, 0.05) is 31.0 Å². The minimum atomic E-state index is -4.46. The first kappa shape index (κ1) is 21.6. The van der Waals surface area contributed by atoms with Crippen LogP contribution in [0.1, 0.15) is 15.9 Å². The van der Waals surface area contributed by atoms with Gasteiger partial charge in [0.05, 0.1) is 25.2 Å². The number of aromatic nitrogens is 1. The van der Waals surface area contributed by atoms with E-state index in [1.165, 1.54) is 12.1 Å². The average molecular weight is 423 g/mol. The lowest BCUT2D eigenvalue weighted by Crippen LogP contribution is -2.41. The van der Waals surface area contributed by atoms with E-state index in [2.05, 4.69) is 15.0 Å². The Bertz CT molecular complexity index is 864. The van der Waals surface area contributed by atoms with E-state index in [0.29, 0.717) is 32.0 Å². The SMILES string of the molecule is O=C(Nc1ccc(CC(=O)N2CCOCC2)cc1)c1ccc(OCC(F)(F)F)nc1. The number of ether oxygens (including phenoxy) is 2. The van der Waals surface area contributed by atoms with E-state index < -0.39 is 18.7 Å². The summed E-state index contributed by atoms with van der Waals surface area (Å²) in [5.74, 6) is -0.672. The molecular weight excluding hydrogens is 403 g/mol. The van der Waals surface area contributed by atoms with Gasteiger partial charge in [-0.15, -0.1) is 0 Å². The quantitative estimate of drug-likeness (QED) is 0.773. The number of hydrogen-bond donors (Lipinski definition) is 1. The van der Waals surface area contributed by atoms with Gasteiger partial charge in [0.15, 0.2) is 6.61 Å². The van der Waals surface area contributed by atoms with Crippen molar-refractivity contribution in [3.8, 4) is 5.88 Å². The Morgan fingerprint density at radius 1 is 1.10 bits per heavy atom. The number of carbonyl (C=O) groups excluding carboxylic acids is 2. The molecule has 1 aromatic heterocycles. The Labute approximate surface area is 170 Å². The maximum absolute atomic E-state index is 12.3. The molecule has 10 heteroatoms. The highest BCUT2D eigenvalue weighted by atomic mass is 19.4. The van der Waals surface area contributed by atoms with Gasteiger partial charge in [-0.2, -0.15) is 13.2 Å². The Hall–Kier alpha value is -3.14. The Kier molecular flexibility index (Phi) is 6.88. The van der Waals surface area contributed by atoms with Crippen molar-refractivity contribution in [1.82, 2.24) is 9.88 Å². The van der Waals surface area contributed by atoms with Crippen molar-refractivity contribution in [2.24, 2.45) is 0 Å². The summed E-state index contributed by atoms with van der Waals surface area (Å²) < 4.78 is 46.2. The molecule has 0 atom stereocenters. The number of morpholine rings is 1. The van der Waals surface area contributed by atoms with Crippen LogP contribution in [0.25, 0.3) is 0 Å². The summed E-state index contributed by atoms with van der Waals surface area (Å²) in [4.78, 5) is 30.0. The maximum atomic E-state index is 12.3. The fourth-order valence-corrected chi connectivity index (χ4v) is 2.76. The predicted octanol–water partition coefficient (Wildman–Crippen LogP) is 2.68. The second kappa shape index (κ2) is 9.57. The molecule has 2 aromatic rings. The number of carbonyl (C=O) groups is 2. The van der Waals surface area contributed by atoms with Gasteiger partial charge in [-0.1, -0.05) is 12.1 Å². The summed E-state index contributed by atoms with van der Waals surface area (Å²) in [7, 11) is 0. The number of benzene rings is 1. The lowest BCUT2D eigenvalue weighted by atomic mass is 10.1. The number of amides is 2. The van der Waals surface area contributed by atoms with Crippen LogP contribution in [-0.4, -0.2) is 60.8 Å². The number of nitrogens with one attached hydrogen (secondary N) is 1. The third-order valence-corrected chi connectivity index (χ3v) is 4.31. The molecule has 7 nitrogen and oxygen atoms in total. The van der Waals surface area contributed by atoms with Crippen LogP contribution in [0.3, 0.4) is 0 Å². The molecule has 0 bridgehead atoms. The number of nitrogens with zero attached hydrogens (tertiary/aromatic N) is 2. The summed E-state index contributed by atoms with van der Waals surface area (Å²) in [6.45, 7) is 0.802. The summed E-state index contributed by atoms with van der Waals surface area (Å²) in [6, 6.07) is 9.37. The van der Waals surface area contributed by atoms with E-state index in [1.807, 2.05) is 0 Å². The number of anilines is 1. The number of pyridine rings is 1. The van der Waals surface area contributed by atoms with Crippen molar-refractivity contribution in [3.63, 3.8) is 0 Å². The highest BCUT2D eigenvalue weighted by Gasteiger charge is 2.28. The monoisotopic (exact) mass is 423 g/mol. The van der Waals surface area contributed by atoms with Crippen LogP contribution in [-0.2, 0) is 16.0 Å². The fourth-order valence-electron chi connectivity index (χ4n) is 2.76.